The molecule has 550 valence electrons. The standard InChI is InChI=1S/C54H98N16O24S2/c55-7-19-31(73)35(77)25(63)47(83-19)89-41-17(61)5-15(59)29(71)45(41)93-51-39(81)43(91-49-27(65)37(79)33(75)21(9-57)85-49)23(87-51)11-67-53(95)69-13-2-1-3-14(4-13)70-54(96)68-12-24-44(92-50-28(66)38(80)34(76)22(10-58)86-50)40(82)52(88-24)94-46-30(72)16(60)6-18(62)42(46)90-48-26(64)36(78)32(74)20(8-56)84-48/h1-4,15-52,71-82H,5-12,55-66H2,(H2,67,69,95)(H2,68,70,96)/t15-,16-,17?,18?,19?,20?,21-,22+,23-,24-,25?,26?,27?,28?,29+,30?,31?,32?,33?,34?,35-,36-,37?,38?,39?,40+,41?,42?,43?,44?,45?,46-,47+,48+,49+,50-,51+,52+/m1/s1. The molecule has 1 aromatic carbocycles. The number of benzene rings is 1. The van der Waals surface area contributed by atoms with Gasteiger partial charge in [0, 0.05) is 74.8 Å². The monoisotopic (exact) mass is 1420 g/mol. The van der Waals surface area contributed by atoms with E-state index in [2.05, 4.69) is 21.3 Å². The number of aliphatic hydroxyl groups excluding tert-OH is 12. The normalized spacial score (nSPS) is 48.5. The number of hydrogen-bond acceptors (Lipinski definition) is 38. The van der Waals surface area contributed by atoms with E-state index < -0.39 is 233 Å². The van der Waals surface area contributed by atoms with Crippen LogP contribution in [0.2, 0.25) is 0 Å². The maximum Gasteiger partial charge on any atom is 0.187 e. The lowest BCUT2D eigenvalue weighted by Gasteiger charge is -2.47. The summed E-state index contributed by atoms with van der Waals surface area (Å²) in [5.74, 6) is 0. The van der Waals surface area contributed by atoms with E-state index in [0.29, 0.717) is 11.4 Å². The van der Waals surface area contributed by atoms with Crippen LogP contribution < -0.4 is 90.1 Å². The summed E-state index contributed by atoms with van der Waals surface area (Å²) >= 11 is 11.4. The summed E-state index contributed by atoms with van der Waals surface area (Å²) in [4.78, 5) is 0. The highest BCUT2D eigenvalue weighted by molar-refractivity contribution is 7.80. The van der Waals surface area contributed by atoms with Crippen molar-refractivity contribution in [1.29, 1.82) is 0 Å². The molecule has 9 rings (SSSR count). The maximum absolute atomic E-state index is 12.0. The number of hydrogen-bond donors (Lipinski definition) is 28. The Hall–Kier alpha value is -2.84. The second-order valence-corrected chi connectivity index (χ2v) is 26.2. The number of anilines is 2. The van der Waals surface area contributed by atoms with Crippen LogP contribution in [0.5, 0.6) is 0 Å². The van der Waals surface area contributed by atoms with Crippen molar-refractivity contribution in [2.75, 3.05) is 49.9 Å². The predicted octanol–water partition coefficient (Wildman–Crippen LogP) is -15.5. The van der Waals surface area contributed by atoms with Crippen LogP contribution in [0.1, 0.15) is 12.8 Å². The smallest absolute Gasteiger partial charge is 0.187 e. The topological polar surface area (TPSA) is 714 Å². The molecule has 21 unspecified atom stereocenters. The maximum atomic E-state index is 12.0. The van der Waals surface area contributed by atoms with Gasteiger partial charge in [0.15, 0.2) is 48.0 Å². The number of nitrogens with one attached hydrogen (secondary N) is 4. The summed E-state index contributed by atoms with van der Waals surface area (Å²) in [6.07, 6.45) is -43.2. The van der Waals surface area contributed by atoms with Crippen LogP contribution in [0.3, 0.4) is 0 Å². The SMILES string of the molecule is NCC1O[C@@H](OC2C(N)C[C@@H](N)[C@H](O)C2O[C@@H]2O[C@H](CNC(=S)Nc3cccc(NC(=S)NC[C@H]4O[C@@H](O[C@H]5C(O[C@@H]6OC(CN)C(O)[C@H](O)C6N)C(N)C[C@@H](N)C5O)[C@@H](O)C4O[C@H]4O[C@@H](CN)C(O)C(O)C4N)c3)C(O[C@@H]3O[C@H](CN)C(O)C(O)C3N)C2O)C(N)[C@@H](O)C1O. The van der Waals surface area contributed by atoms with E-state index in [1.54, 1.807) is 24.3 Å². The van der Waals surface area contributed by atoms with Crippen molar-refractivity contribution in [1.82, 2.24) is 10.6 Å². The van der Waals surface area contributed by atoms with Gasteiger partial charge in [-0.1, -0.05) is 6.07 Å². The molecule has 6 heterocycles. The fraction of sp³-hybridized carbons (Fsp3) is 0.852. The van der Waals surface area contributed by atoms with Crippen molar-refractivity contribution in [2.24, 2.45) is 68.8 Å². The van der Waals surface area contributed by atoms with E-state index in [9.17, 15) is 61.3 Å². The molecule has 2 aliphatic carbocycles. The summed E-state index contributed by atoms with van der Waals surface area (Å²) in [6, 6.07) is -2.73. The molecule has 6 aliphatic heterocycles. The Morgan fingerprint density at radius 2 is 0.625 bits per heavy atom. The Labute approximate surface area is 561 Å². The first-order valence-electron chi connectivity index (χ1n) is 31.6. The van der Waals surface area contributed by atoms with E-state index in [-0.39, 0.29) is 62.3 Å². The number of ether oxygens (including phenoxy) is 12. The second kappa shape index (κ2) is 33.5. The minimum atomic E-state index is -1.75. The third-order valence-electron chi connectivity index (χ3n) is 18.7. The van der Waals surface area contributed by atoms with Crippen molar-refractivity contribution in [3.05, 3.63) is 24.3 Å². The van der Waals surface area contributed by atoms with Gasteiger partial charge in [0.1, 0.15) is 134 Å². The van der Waals surface area contributed by atoms with Crippen molar-refractivity contribution in [3.8, 4) is 0 Å². The van der Waals surface area contributed by atoms with E-state index in [1.807, 2.05) is 0 Å². The third kappa shape index (κ3) is 16.9. The Kier molecular flexibility index (Phi) is 27.0. The van der Waals surface area contributed by atoms with Crippen molar-refractivity contribution < 1.29 is 118 Å². The van der Waals surface area contributed by atoms with Crippen LogP contribution in [-0.2, 0) is 56.8 Å². The molecule has 0 amide bonds. The van der Waals surface area contributed by atoms with Gasteiger partial charge >= 0.3 is 0 Å². The molecule has 0 aromatic heterocycles. The zero-order valence-corrected chi connectivity index (χ0v) is 53.5. The van der Waals surface area contributed by atoms with Gasteiger partial charge in [0.2, 0.25) is 0 Å². The number of thiocarbonyl (C=S) groups is 2. The van der Waals surface area contributed by atoms with E-state index in [4.69, 9.17) is 150 Å². The zero-order valence-electron chi connectivity index (χ0n) is 51.9. The largest absolute Gasteiger partial charge is 0.389 e. The predicted molar refractivity (Wildman–Crippen MR) is 337 cm³/mol. The van der Waals surface area contributed by atoms with Crippen molar-refractivity contribution in [2.45, 2.75) is 245 Å². The molecule has 0 radical (unpaired) electrons. The summed E-state index contributed by atoms with van der Waals surface area (Å²) in [5.41, 5.74) is 74.8. The molecule has 0 bridgehead atoms. The first kappa shape index (κ1) is 77.3. The molecule has 6 saturated heterocycles. The molecule has 42 heteroatoms. The van der Waals surface area contributed by atoms with Gasteiger partial charge in [-0.25, -0.2) is 0 Å². The Balaban J connectivity index is 0.863. The van der Waals surface area contributed by atoms with Gasteiger partial charge in [-0.15, -0.1) is 0 Å². The van der Waals surface area contributed by atoms with Gasteiger partial charge in [-0.05, 0) is 55.5 Å². The lowest BCUT2D eigenvalue weighted by Crippen LogP contribution is -2.68. The van der Waals surface area contributed by atoms with Gasteiger partial charge in [-0.3, -0.25) is 0 Å². The lowest BCUT2D eigenvalue weighted by atomic mass is 9.84. The quantitative estimate of drug-likeness (QED) is 0.0479. The van der Waals surface area contributed by atoms with Crippen LogP contribution in [0.4, 0.5) is 11.4 Å². The zero-order chi connectivity index (χ0) is 70.0. The Morgan fingerprint density at radius 1 is 0.354 bits per heavy atom. The molecule has 0 spiro atoms. The van der Waals surface area contributed by atoms with Crippen LogP contribution >= 0.6 is 24.4 Å². The highest BCUT2D eigenvalue weighted by Gasteiger charge is 2.58. The summed E-state index contributed by atoms with van der Waals surface area (Å²) in [6.45, 7) is -1.47. The van der Waals surface area contributed by atoms with Gasteiger partial charge in [-0.2, -0.15) is 0 Å². The van der Waals surface area contributed by atoms with Crippen LogP contribution in [-0.4, -0.2) is 343 Å². The van der Waals surface area contributed by atoms with Crippen LogP contribution in [0.15, 0.2) is 24.3 Å². The van der Waals surface area contributed by atoms with Crippen LogP contribution in [0.25, 0.3) is 0 Å². The number of nitrogens with two attached hydrogens (primary N) is 12. The van der Waals surface area contributed by atoms with Gasteiger partial charge in [0.05, 0.1) is 36.4 Å². The van der Waals surface area contributed by atoms with Crippen molar-refractivity contribution >= 4 is 46.0 Å². The molecule has 8 aliphatic rings. The Morgan fingerprint density at radius 3 is 0.917 bits per heavy atom. The summed E-state index contributed by atoms with van der Waals surface area (Å²) < 4.78 is 73.3. The lowest BCUT2D eigenvalue weighted by molar-refractivity contribution is -0.306. The molecule has 40 nitrogen and oxygen atoms in total. The number of aliphatic hydroxyl groups is 12. The minimum absolute atomic E-state index is 0.00152. The molecule has 38 atom stereocenters. The fourth-order valence-electron chi connectivity index (χ4n) is 12.9. The molecule has 96 heavy (non-hydrogen) atoms. The first-order chi connectivity index (χ1) is 45.5. The molecule has 40 N–H and O–H groups in total. The number of rotatable bonds is 22. The first-order valence-corrected chi connectivity index (χ1v) is 32.4. The van der Waals surface area contributed by atoms with E-state index in [0.717, 1.165) is 0 Å². The fourth-order valence-corrected chi connectivity index (χ4v) is 13.3. The average Bonchev–Trinajstić information content (AvgIpc) is 1.16. The summed E-state index contributed by atoms with van der Waals surface area (Å²) in [7, 11) is 0. The van der Waals surface area contributed by atoms with Gasteiger partial charge < -0.3 is 208 Å². The Bertz CT molecular complexity index is 2500. The van der Waals surface area contributed by atoms with Crippen molar-refractivity contribution in [3.63, 3.8) is 0 Å². The molecule has 2 saturated carbocycles. The molecular formula is C54H98N16O24S2. The summed E-state index contributed by atoms with van der Waals surface area (Å²) in [5, 5.41) is 145. The third-order valence-corrected chi connectivity index (χ3v) is 19.2. The highest BCUT2D eigenvalue weighted by atomic mass is 32.1. The average molecular weight is 1420 g/mol. The molecule has 8 fully saturated rings. The molecular weight excluding hydrogens is 1320 g/mol. The van der Waals surface area contributed by atoms with Gasteiger partial charge in [0.25, 0.3) is 0 Å². The second-order valence-electron chi connectivity index (χ2n) is 25.4. The molecule has 1 aromatic rings. The van der Waals surface area contributed by atoms with E-state index >= 15 is 0 Å². The van der Waals surface area contributed by atoms with Crippen LogP contribution in [0, 0.1) is 0 Å². The van der Waals surface area contributed by atoms with E-state index in [1.165, 1.54) is 0 Å². The minimum Gasteiger partial charge on any atom is -0.389 e. The highest BCUT2D eigenvalue weighted by Crippen LogP contribution is 2.38.